The van der Waals surface area contributed by atoms with E-state index in [9.17, 15) is 19.2 Å². The third kappa shape index (κ3) is 6.88. The van der Waals surface area contributed by atoms with Crippen LogP contribution in [0.4, 0.5) is 0 Å². The molecule has 0 aromatic heterocycles. The molecule has 0 atom stereocenters. The standard InChI is InChI=1S/C33H31N3O5.C3H8.C2H6/c1-21-13-14-23-9-5-12-26-29(23)27(21)33(40)35(32(26)39)17-16-34(2)15-6-19-41-20-18-36-30(37)24-10-3-7-22-8-4-11-25(28(22)24)31(36)38;1-3-2;1-2/h3-5,7-14H,6,15-20H2,1-2H3;3H2,1-2H3;1-2H3. The quantitative estimate of drug-likeness (QED) is 0.140. The van der Waals surface area contributed by atoms with Crippen LogP contribution in [-0.4, -0.2) is 84.8 Å². The third-order valence-electron chi connectivity index (χ3n) is 8.04. The van der Waals surface area contributed by atoms with Crippen molar-refractivity contribution in [3.8, 4) is 0 Å². The van der Waals surface area contributed by atoms with Crippen LogP contribution in [0.25, 0.3) is 21.5 Å². The number of nitrogens with zero attached hydrogens (tertiary/aromatic N) is 3. The maximum absolute atomic E-state index is 13.3. The second-order valence-electron chi connectivity index (χ2n) is 11.4. The average Bonchev–Trinajstić information content (AvgIpc) is 3.06. The zero-order valence-electron chi connectivity index (χ0n) is 27.9. The van der Waals surface area contributed by atoms with Crippen LogP contribution < -0.4 is 0 Å². The maximum Gasteiger partial charge on any atom is 0.261 e. The van der Waals surface area contributed by atoms with Crippen molar-refractivity contribution in [2.45, 2.75) is 47.5 Å². The summed E-state index contributed by atoms with van der Waals surface area (Å²) in [5.41, 5.74) is 3.13. The van der Waals surface area contributed by atoms with Crippen LogP contribution in [0, 0.1) is 6.92 Å². The number of hydrogen-bond acceptors (Lipinski definition) is 6. The summed E-state index contributed by atoms with van der Waals surface area (Å²) in [6, 6.07) is 20.4. The fourth-order valence-corrected chi connectivity index (χ4v) is 5.87. The first kappa shape index (κ1) is 34.5. The summed E-state index contributed by atoms with van der Waals surface area (Å²) in [4.78, 5) is 57.1. The van der Waals surface area contributed by atoms with E-state index in [4.69, 9.17) is 4.74 Å². The summed E-state index contributed by atoms with van der Waals surface area (Å²) >= 11 is 0. The number of amides is 4. The fourth-order valence-electron chi connectivity index (χ4n) is 5.87. The third-order valence-corrected chi connectivity index (χ3v) is 8.04. The van der Waals surface area contributed by atoms with E-state index in [0.717, 1.165) is 33.5 Å². The van der Waals surface area contributed by atoms with Crippen LogP contribution >= 0.6 is 0 Å². The van der Waals surface area contributed by atoms with Crippen molar-refractivity contribution in [1.29, 1.82) is 0 Å². The van der Waals surface area contributed by atoms with E-state index in [1.165, 1.54) is 16.2 Å². The lowest BCUT2D eigenvalue weighted by Gasteiger charge is -2.29. The molecule has 0 unspecified atom stereocenters. The normalized spacial score (nSPS) is 13.6. The molecule has 2 aliphatic heterocycles. The van der Waals surface area contributed by atoms with E-state index >= 15 is 0 Å². The van der Waals surface area contributed by atoms with Gasteiger partial charge < -0.3 is 9.64 Å². The van der Waals surface area contributed by atoms with Crippen LogP contribution in [0.2, 0.25) is 0 Å². The highest BCUT2D eigenvalue weighted by Gasteiger charge is 2.34. The molecular weight excluding hydrogens is 578 g/mol. The SMILES string of the molecule is CC.CCC.Cc1ccc2cccc3c2c1C(=O)N(CCN(C)CCCOCCN1C(=O)c2cccc4cccc(c24)C1=O)C3=O. The molecule has 0 aliphatic carbocycles. The average molecular weight is 624 g/mol. The Balaban J connectivity index is 0.000000908. The minimum Gasteiger partial charge on any atom is -0.380 e. The molecule has 4 aromatic rings. The highest BCUT2D eigenvalue weighted by molar-refractivity contribution is 6.26. The van der Waals surface area contributed by atoms with Crippen molar-refractivity contribution in [2.24, 2.45) is 0 Å². The highest BCUT2D eigenvalue weighted by atomic mass is 16.5. The summed E-state index contributed by atoms with van der Waals surface area (Å²) < 4.78 is 5.77. The Morgan fingerprint density at radius 3 is 1.70 bits per heavy atom. The summed E-state index contributed by atoms with van der Waals surface area (Å²) in [5.74, 6) is -1.08. The Kier molecular flexibility index (Phi) is 11.8. The molecule has 8 nitrogen and oxygen atoms in total. The van der Waals surface area contributed by atoms with Gasteiger partial charge in [-0.05, 0) is 54.9 Å². The van der Waals surface area contributed by atoms with E-state index in [2.05, 4.69) is 18.7 Å². The predicted octanol–water partition coefficient (Wildman–Crippen LogP) is 6.97. The molecule has 4 aromatic carbocycles. The van der Waals surface area contributed by atoms with Gasteiger partial charge in [0.2, 0.25) is 0 Å². The molecule has 6 rings (SSSR count). The van der Waals surface area contributed by atoms with Gasteiger partial charge in [0.15, 0.2) is 0 Å². The molecule has 0 bridgehead atoms. The maximum atomic E-state index is 13.3. The monoisotopic (exact) mass is 623 g/mol. The molecule has 46 heavy (non-hydrogen) atoms. The minimum atomic E-state index is -0.293. The molecule has 0 N–H and O–H groups in total. The van der Waals surface area contributed by atoms with Gasteiger partial charge in [0.25, 0.3) is 23.6 Å². The number of ether oxygens (including phenoxy) is 1. The summed E-state index contributed by atoms with van der Waals surface area (Å²) in [5, 5.41) is 3.25. The second-order valence-corrected chi connectivity index (χ2v) is 11.4. The summed E-state index contributed by atoms with van der Waals surface area (Å²) in [6.45, 7) is 12.6. The van der Waals surface area contributed by atoms with Crippen molar-refractivity contribution >= 4 is 45.2 Å². The van der Waals surface area contributed by atoms with Crippen molar-refractivity contribution in [3.05, 3.63) is 94.5 Å². The molecule has 0 fully saturated rings. The molecule has 8 heteroatoms. The number of aryl methyl sites for hydroxylation is 1. The molecular formula is C38H45N3O5. The lowest BCUT2D eigenvalue weighted by molar-refractivity contribution is 0.0515. The van der Waals surface area contributed by atoms with Gasteiger partial charge in [-0.1, -0.05) is 82.6 Å². The molecule has 242 valence electrons. The topological polar surface area (TPSA) is 87.2 Å². The van der Waals surface area contributed by atoms with Gasteiger partial charge in [-0.15, -0.1) is 0 Å². The number of imide groups is 2. The molecule has 0 saturated carbocycles. The van der Waals surface area contributed by atoms with Gasteiger partial charge in [0.1, 0.15) is 0 Å². The zero-order chi connectivity index (χ0) is 33.4. The van der Waals surface area contributed by atoms with Crippen molar-refractivity contribution in [3.63, 3.8) is 0 Å². The van der Waals surface area contributed by atoms with E-state index in [-0.39, 0.29) is 36.8 Å². The summed E-state index contributed by atoms with van der Waals surface area (Å²) in [7, 11) is 1.95. The second kappa shape index (κ2) is 15.7. The van der Waals surface area contributed by atoms with E-state index < -0.39 is 0 Å². The van der Waals surface area contributed by atoms with Crippen LogP contribution in [0.3, 0.4) is 0 Å². The Hall–Kier alpha value is -4.40. The number of carbonyl (C=O) groups is 4. The number of hydrogen-bond donors (Lipinski definition) is 0. The van der Waals surface area contributed by atoms with Gasteiger partial charge in [-0.25, -0.2) is 0 Å². The highest BCUT2D eigenvalue weighted by Crippen LogP contribution is 2.32. The smallest absolute Gasteiger partial charge is 0.261 e. The Morgan fingerprint density at radius 2 is 1.13 bits per heavy atom. The summed E-state index contributed by atoms with van der Waals surface area (Å²) in [6.07, 6.45) is 1.98. The molecule has 0 radical (unpaired) electrons. The lowest BCUT2D eigenvalue weighted by atomic mass is 9.91. The predicted molar refractivity (Wildman–Crippen MR) is 184 cm³/mol. The van der Waals surface area contributed by atoms with Crippen LogP contribution in [0.5, 0.6) is 0 Å². The first-order valence-electron chi connectivity index (χ1n) is 16.3. The first-order valence-corrected chi connectivity index (χ1v) is 16.3. The molecule has 2 aliphatic rings. The van der Waals surface area contributed by atoms with Gasteiger partial charge in [-0.3, -0.25) is 29.0 Å². The fraction of sp³-hybridized carbons (Fsp3) is 0.368. The number of rotatable bonds is 10. The Labute approximate surface area is 271 Å². The van der Waals surface area contributed by atoms with Gasteiger partial charge in [0, 0.05) is 53.7 Å². The van der Waals surface area contributed by atoms with Crippen LogP contribution in [-0.2, 0) is 4.74 Å². The number of likely N-dealkylation sites (N-methyl/N-ethyl adjacent to an activating group) is 1. The number of carbonyl (C=O) groups excluding carboxylic acids is 4. The first-order chi connectivity index (χ1) is 22.3. The zero-order valence-corrected chi connectivity index (χ0v) is 27.9. The molecule has 2 heterocycles. The van der Waals surface area contributed by atoms with E-state index in [0.29, 0.717) is 48.5 Å². The van der Waals surface area contributed by atoms with Crippen LogP contribution in [0.1, 0.15) is 87.5 Å². The van der Waals surface area contributed by atoms with Crippen molar-refractivity contribution < 1.29 is 23.9 Å². The lowest BCUT2D eigenvalue weighted by Crippen LogP contribution is -2.44. The molecule has 4 amide bonds. The van der Waals surface area contributed by atoms with E-state index in [1.54, 1.807) is 18.2 Å². The molecule has 0 spiro atoms. The van der Waals surface area contributed by atoms with Crippen molar-refractivity contribution in [2.75, 3.05) is 46.4 Å². The van der Waals surface area contributed by atoms with Crippen LogP contribution in [0.15, 0.2) is 66.7 Å². The Bertz CT molecular complexity index is 1700. The van der Waals surface area contributed by atoms with Gasteiger partial charge in [0.05, 0.1) is 18.7 Å². The van der Waals surface area contributed by atoms with Gasteiger partial charge in [-0.2, -0.15) is 0 Å². The number of benzene rings is 4. The molecule has 0 saturated heterocycles. The van der Waals surface area contributed by atoms with Crippen molar-refractivity contribution in [1.82, 2.24) is 14.7 Å². The largest absolute Gasteiger partial charge is 0.380 e. The Morgan fingerprint density at radius 1 is 0.630 bits per heavy atom. The van der Waals surface area contributed by atoms with Gasteiger partial charge >= 0.3 is 0 Å². The van der Waals surface area contributed by atoms with E-state index in [1.807, 2.05) is 76.3 Å². The minimum absolute atomic E-state index is 0.186.